The Kier molecular flexibility index (Phi) is 2.01. The number of fused-ring (bicyclic) bond motifs is 1. The van der Waals surface area contributed by atoms with Crippen LogP contribution in [0, 0.1) is 17.3 Å². The average molecular weight is 255 g/mol. The first-order valence-electron chi connectivity index (χ1n) is 5.40. The minimum atomic E-state index is 0.505. The van der Waals surface area contributed by atoms with Crippen molar-refractivity contribution in [2.24, 2.45) is 17.3 Å². The fourth-order valence-electron chi connectivity index (χ4n) is 3.09. The highest BCUT2D eigenvalue weighted by atomic mass is 79.9. The second-order valence-electron chi connectivity index (χ2n) is 5.05. The lowest BCUT2D eigenvalue weighted by atomic mass is 9.81. The van der Waals surface area contributed by atoms with Crippen LogP contribution in [0.3, 0.4) is 0 Å². The molecule has 0 aliphatic heterocycles. The van der Waals surface area contributed by atoms with Gasteiger partial charge < -0.3 is 4.42 Å². The smallest absolute Gasteiger partial charge is 0.104 e. The molecule has 2 unspecified atom stereocenters. The van der Waals surface area contributed by atoms with Gasteiger partial charge in [-0.15, -0.1) is 0 Å². The normalized spacial score (nSPS) is 39.8. The molecule has 76 valence electrons. The lowest BCUT2D eigenvalue weighted by Gasteiger charge is -2.27. The van der Waals surface area contributed by atoms with Crippen LogP contribution in [-0.2, 0) is 6.42 Å². The van der Waals surface area contributed by atoms with E-state index in [-0.39, 0.29) is 0 Å². The molecule has 0 amide bonds. The van der Waals surface area contributed by atoms with E-state index >= 15 is 0 Å². The van der Waals surface area contributed by atoms with Crippen LogP contribution in [0.1, 0.15) is 25.0 Å². The van der Waals surface area contributed by atoms with E-state index in [1.54, 1.807) is 6.26 Å². The summed E-state index contributed by atoms with van der Waals surface area (Å²) in [4.78, 5) is 0. The summed E-state index contributed by atoms with van der Waals surface area (Å²) in [6, 6.07) is 4.10. The summed E-state index contributed by atoms with van der Waals surface area (Å²) in [7, 11) is 0. The monoisotopic (exact) mass is 254 g/mol. The zero-order chi connectivity index (χ0) is 9.60. The van der Waals surface area contributed by atoms with E-state index in [1.807, 2.05) is 6.07 Å². The topological polar surface area (TPSA) is 13.1 Å². The Morgan fingerprint density at radius 2 is 2.21 bits per heavy atom. The van der Waals surface area contributed by atoms with E-state index in [9.17, 15) is 0 Å². The van der Waals surface area contributed by atoms with E-state index < -0.39 is 0 Å². The molecule has 2 heteroatoms. The van der Waals surface area contributed by atoms with Crippen LogP contribution < -0.4 is 0 Å². The molecule has 1 heterocycles. The Bertz CT molecular complexity index is 307. The molecule has 0 N–H and O–H groups in total. The molecule has 1 nitrogen and oxygen atoms in total. The molecular formula is C12H15BrO. The van der Waals surface area contributed by atoms with Crippen molar-refractivity contribution in [1.82, 2.24) is 0 Å². The molecule has 0 bridgehead atoms. The molecule has 0 aromatic carbocycles. The first-order valence-corrected chi connectivity index (χ1v) is 6.52. The zero-order valence-electron chi connectivity index (χ0n) is 8.21. The predicted octanol–water partition coefficient (Wildman–Crippen LogP) is 3.63. The van der Waals surface area contributed by atoms with Gasteiger partial charge in [0.15, 0.2) is 0 Å². The Labute approximate surface area is 93.0 Å². The lowest BCUT2D eigenvalue weighted by Crippen LogP contribution is -2.23. The summed E-state index contributed by atoms with van der Waals surface area (Å²) in [5.41, 5.74) is 0.505. The van der Waals surface area contributed by atoms with E-state index in [4.69, 9.17) is 4.42 Å². The van der Waals surface area contributed by atoms with Gasteiger partial charge in [0.1, 0.15) is 5.76 Å². The fraction of sp³-hybridized carbons (Fsp3) is 0.667. The minimum absolute atomic E-state index is 0.505. The first kappa shape index (κ1) is 9.02. The number of halogens is 1. The highest BCUT2D eigenvalue weighted by Crippen LogP contribution is 2.61. The van der Waals surface area contributed by atoms with Gasteiger partial charge >= 0.3 is 0 Å². The van der Waals surface area contributed by atoms with Crippen molar-refractivity contribution in [3.05, 3.63) is 24.2 Å². The van der Waals surface area contributed by atoms with E-state index in [1.165, 1.54) is 19.3 Å². The van der Waals surface area contributed by atoms with E-state index in [0.717, 1.165) is 29.3 Å². The molecule has 0 saturated heterocycles. The Balaban J connectivity index is 1.75. The maximum atomic E-state index is 5.45. The molecule has 3 rings (SSSR count). The molecule has 14 heavy (non-hydrogen) atoms. The number of rotatable bonds is 3. The summed E-state index contributed by atoms with van der Waals surface area (Å²) < 4.78 is 5.45. The summed E-state index contributed by atoms with van der Waals surface area (Å²) in [5, 5.41) is 1.13. The van der Waals surface area contributed by atoms with Crippen molar-refractivity contribution in [2.45, 2.75) is 25.7 Å². The van der Waals surface area contributed by atoms with Gasteiger partial charge in [-0.2, -0.15) is 0 Å². The Morgan fingerprint density at radius 3 is 2.79 bits per heavy atom. The number of alkyl halides is 1. The quantitative estimate of drug-likeness (QED) is 0.751. The van der Waals surface area contributed by atoms with Crippen LogP contribution >= 0.6 is 15.9 Å². The van der Waals surface area contributed by atoms with Crippen molar-refractivity contribution < 1.29 is 4.42 Å². The van der Waals surface area contributed by atoms with Crippen LogP contribution in [0.15, 0.2) is 22.8 Å². The van der Waals surface area contributed by atoms with Crippen molar-refractivity contribution in [3.8, 4) is 0 Å². The van der Waals surface area contributed by atoms with Crippen molar-refractivity contribution in [2.75, 3.05) is 5.33 Å². The molecule has 2 atom stereocenters. The van der Waals surface area contributed by atoms with Gasteiger partial charge in [-0.05, 0) is 48.6 Å². The molecule has 0 spiro atoms. The summed E-state index contributed by atoms with van der Waals surface area (Å²) in [5.74, 6) is 3.25. The average Bonchev–Trinajstić information content (AvgIpc) is 2.68. The van der Waals surface area contributed by atoms with Gasteiger partial charge in [-0.3, -0.25) is 0 Å². The van der Waals surface area contributed by atoms with Crippen LogP contribution in [0.2, 0.25) is 0 Å². The lowest BCUT2D eigenvalue weighted by molar-refractivity contribution is 0.284. The second kappa shape index (κ2) is 3.13. The summed E-state index contributed by atoms with van der Waals surface area (Å²) in [6.45, 7) is 0. The first-order chi connectivity index (χ1) is 6.81. The van der Waals surface area contributed by atoms with Crippen LogP contribution in [0.4, 0.5) is 0 Å². The summed E-state index contributed by atoms with van der Waals surface area (Å²) >= 11 is 3.69. The SMILES string of the molecule is BrCC1(Cc2ccco2)CC2CC2C1. The van der Waals surface area contributed by atoms with Gasteiger partial charge in [0.25, 0.3) is 0 Å². The molecule has 2 fully saturated rings. The molecule has 2 saturated carbocycles. The highest BCUT2D eigenvalue weighted by molar-refractivity contribution is 9.09. The van der Waals surface area contributed by atoms with Gasteiger partial charge in [0.05, 0.1) is 6.26 Å². The van der Waals surface area contributed by atoms with Gasteiger partial charge in [-0.1, -0.05) is 15.9 Å². The number of hydrogen-bond acceptors (Lipinski definition) is 1. The van der Waals surface area contributed by atoms with Crippen LogP contribution in [-0.4, -0.2) is 5.33 Å². The molecule has 1 aromatic rings. The standard InChI is InChI=1S/C12H15BrO/c13-8-12(5-9-4-10(9)6-12)7-11-2-1-3-14-11/h1-3,9-10H,4-8H2. The third-order valence-electron chi connectivity index (χ3n) is 3.87. The van der Waals surface area contributed by atoms with E-state index in [2.05, 4.69) is 22.0 Å². The summed E-state index contributed by atoms with van der Waals surface area (Å²) in [6.07, 6.45) is 7.21. The minimum Gasteiger partial charge on any atom is -0.469 e. The van der Waals surface area contributed by atoms with Gasteiger partial charge in [0.2, 0.25) is 0 Å². The van der Waals surface area contributed by atoms with Crippen molar-refractivity contribution >= 4 is 15.9 Å². The third kappa shape index (κ3) is 1.44. The molecule has 1 aromatic heterocycles. The van der Waals surface area contributed by atoms with E-state index in [0.29, 0.717) is 5.41 Å². The van der Waals surface area contributed by atoms with Crippen molar-refractivity contribution in [1.29, 1.82) is 0 Å². The predicted molar refractivity (Wildman–Crippen MR) is 59.5 cm³/mol. The maximum Gasteiger partial charge on any atom is 0.104 e. The zero-order valence-corrected chi connectivity index (χ0v) is 9.79. The van der Waals surface area contributed by atoms with Crippen molar-refractivity contribution in [3.63, 3.8) is 0 Å². The molecule has 0 radical (unpaired) electrons. The Morgan fingerprint density at radius 1 is 1.43 bits per heavy atom. The van der Waals surface area contributed by atoms with Gasteiger partial charge in [0, 0.05) is 11.8 Å². The fourth-order valence-corrected chi connectivity index (χ4v) is 3.75. The second-order valence-corrected chi connectivity index (χ2v) is 5.61. The largest absolute Gasteiger partial charge is 0.469 e. The Hall–Kier alpha value is -0.240. The molecular weight excluding hydrogens is 240 g/mol. The third-order valence-corrected chi connectivity index (χ3v) is 5.06. The van der Waals surface area contributed by atoms with Crippen LogP contribution in [0.5, 0.6) is 0 Å². The number of furan rings is 1. The maximum absolute atomic E-state index is 5.45. The number of hydrogen-bond donors (Lipinski definition) is 0. The van der Waals surface area contributed by atoms with Gasteiger partial charge in [-0.25, -0.2) is 0 Å². The molecule has 2 aliphatic rings. The van der Waals surface area contributed by atoms with Crippen LogP contribution in [0.25, 0.3) is 0 Å². The molecule has 2 aliphatic carbocycles. The highest BCUT2D eigenvalue weighted by Gasteiger charge is 2.53.